The molecule has 0 bridgehead atoms. The molecule has 2 amide bonds. The van der Waals surface area contributed by atoms with Crippen molar-refractivity contribution < 1.29 is 14.0 Å². The van der Waals surface area contributed by atoms with Crippen LogP contribution in [0.15, 0.2) is 24.3 Å². The third-order valence-corrected chi connectivity index (χ3v) is 3.64. The van der Waals surface area contributed by atoms with Gasteiger partial charge in [-0.3, -0.25) is 14.5 Å². The smallest absolute Gasteiger partial charge is 0.231 e. The summed E-state index contributed by atoms with van der Waals surface area (Å²) in [6, 6.07) is 6.36. The fraction of sp³-hybridized carbons (Fsp3) is 0.467. The van der Waals surface area contributed by atoms with Gasteiger partial charge in [0.2, 0.25) is 11.8 Å². The molecule has 0 unspecified atom stereocenters. The van der Waals surface area contributed by atoms with Crippen LogP contribution in [0, 0.1) is 5.82 Å². The molecule has 0 aliphatic carbocycles. The van der Waals surface area contributed by atoms with E-state index in [1.54, 1.807) is 18.2 Å². The number of carbonyl (C=O) groups is 2. The first-order chi connectivity index (χ1) is 10.0. The fourth-order valence-corrected chi connectivity index (χ4v) is 2.55. The van der Waals surface area contributed by atoms with Gasteiger partial charge in [-0.15, -0.1) is 0 Å². The SMILES string of the molecule is NC(=O)CN1CCC(NC(=O)Cc2ccccc2F)CC1. The normalized spacial score (nSPS) is 16.6. The molecule has 1 aromatic rings. The largest absolute Gasteiger partial charge is 0.369 e. The Kier molecular flexibility index (Phi) is 5.27. The van der Waals surface area contributed by atoms with E-state index in [2.05, 4.69) is 5.32 Å². The van der Waals surface area contributed by atoms with E-state index >= 15 is 0 Å². The Morgan fingerprint density at radius 3 is 2.57 bits per heavy atom. The van der Waals surface area contributed by atoms with E-state index in [4.69, 9.17) is 5.73 Å². The number of piperidine rings is 1. The molecule has 21 heavy (non-hydrogen) atoms. The standard InChI is InChI=1S/C15H20FN3O2/c16-13-4-2-1-3-11(13)9-15(21)18-12-5-7-19(8-6-12)10-14(17)20/h1-4,12H,5-10H2,(H2,17,20)(H,18,21). The predicted octanol–water partition coefficient (Wildman–Crippen LogP) is 0.434. The summed E-state index contributed by atoms with van der Waals surface area (Å²) >= 11 is 0. The number of nitrogens with one attached hydrogen (secondary N) is 1. The van der Waals surface area contributed by atoms with Crippen molar-refractivity contribution in [1.29, 1.82) is 0 Å². The number of likely N-dealkylation sites (tertiary alicyclic amines) is 1. The summed E-state index contributed by atoms with van der Waals surface area (Å²) in [5.74, 6) is -0.866. The Morgan fingerprint density at radius 2 is 1.95 bits per heavy atom. The van der Waals surface area contributed by atoms with E-state index in [9.17, 15) is 14.0 Å². The zero-order valence-corrected chi connectivity index (χ0v) is 11.8. The molecule has 114 valence electrons. The molecule has 1 fully saturated rings. The minimum absolute atomic E-state index is 0.0498. The van der Waals surface area contributed by atoms with E-state index in [1.807, 2.05) is 4.90 Å². The zero-order chi connectivity index (χ0) is 15.2. The van der Waals surface area contributed by atoms with Gasteiger partial charge in [0.15, 0.2) is 0 Å². The van der Waals surface area contributed by atoms with Crippen molar-refractivity contribution in [3.63, 3.8) is 0 Å². The highest BCUT2D eigenvalue weighted by molar-refractivity contribution is 5.79. The molecule has 1 heterocycles. The van der Waals surface area contributed by atoms with Crippen molar-refractivity contribution in [2.75, 3.05) is 19.6 Å². The number of nitrogens with zero attached hydrogens (tertiary/aromatic N) is 1. The van der Waals surface area contributed by atoms with E-state index < -0.39 is 0 Å². The second kappa shape index (κ2) is 7.17. The van der Waals surface area contributed by atoms with Gasteiger partial charge in [0.05, 0.1) is 13.0 Å². The van der Waals surface area contributed by atoms with Gasteiger partial charge in [0.1, 0.15) is 5.82 Å². The number of halogens is 1. The topological polar surface area (TPSA) is 75.4 Å². The van der Waals surface area contributed by atoms with E-state index in [-0.39, 0.29) is 36.6 Å². The second-order valence-corrected chi connectivity index (χ2v) is 5.35. The summed E-state index contributed by atoms with van der Waals surface area (Å²) in [5, 5.41) is 2.92. The van der Waals surface area contributed by atoms with Crippen molar-refractivity contribution in [1.82, 2.24) is 10.2 Å². The van der Waals surface area contributed by atoms with Crippen LogP contribution < -0.4 is 11.1 Å². The molecule has 2 rings (SSSR count). The Balaban J connectivity index is 1.77. The summed E-state index contributed by atoms with van der Waals surface area (Å²) in [4.78, 5) is 24.7. The van der Waals surface area contributed by atoms with Crippen LogP contribution in [0.2, 0.25) is 0 Å². The molecular formula is C15H20FN3O2. The van der Waals surface area contributed by atoms with E-state index in [0.29, 0.717) is 5.56 Å². The first-order valence-electron chi connectivity index (χ1n) is 7.08. The van der Waals surface area contributed by atoms with Gasteiger partial charge in [-0.25, -0.2) is 4.39 Å². The van der Waals surface area contributed by atoms with Crippen molar-refractivity contribution >= 4 is 11.8 Å². The highest BCUT2D eigenvalue weighted by Crippen LogP contribution is 2.11. The number of rotatable bonds is 5. The summed E-state index contributed by atoms with van der Waals surface area (Å²) in [6.07, 6.45) is 1.60. The van der Waals surface area contributed by atoms with Crippen LogP contribution in [0.5, 0.6) is 0 Å². The zero-order valence-electron chi connectivity index (χ0n) is 11.8. The number of nitrogens with two attached hydrogens (primary N) is 1. The Morgan fingerprint density at radius 1 is 1.29 bits per heavy atom. The van der Waals surface area contributed by atoms with Gasteiger partial charge in [-0.1, -0.05) is 18.2 Å². The molecule has 0 saturated carbocycles. The summed E-state index contributed by atoms with van der Waals surface area (Å²) < 4.78 is 13.5. The molecule has 1 saturated heterocycles. The van der Waals surface area contributed by atoms with Gasteiger partial charge in [-0.05, 0) is 24.5 Å². The predicted molar refractivity (Wildman–Crippen MR) is 76.9 cm³/mol. The lowest BCUT2D eigenvalue weighted by molar-refractivity contribution is -0.122. The number of amides is 2. The third kappa shape index (κ3) is 4.82. The number of hydrogen-bond acceptors (Lipinski definition) is 3. The average molecular weight is 293 g/mol. The van der Waals surface area contributed by atoms with Gasteiger partial charge < -0.3 is 11.1 Å². The van der Waals surface area contributed by atoms with Crippen LogP contribution in [0.1, 0.15) is 18.4 Å². The minimum atomic E-state index is -0.357. The van der Waals surface area contributed by atoms with Crippen molar-refractivity contribution in [2.24, 2.45) is 5.73 Å². The molecule has 3 N–H and O–H groups in total. The van der Waals surface area contributed by atoms with Crippen LogP contribution in [0.25, 0.3) is 0 Å². The van der Waals surface area contributed by atoms with Crippen molar-refractivity contribution in [3.8, 4) is 0 Å². The van der Waals surface area contributed by atoms with Crippen LogP contribution >= 0.6 is 0 Å². The molecule has 1 aliphatic rings. The van der Waals surface area contributed by atoms with Gasteiger partial charge in [0.25, 0.3) is 0 Å². The molecule has 0 aromatic heterocycles. The van der Waals surface area contributed by atoms with E-state index in [1.165, 1.54) is 6.07 Å². The second-order valence-electron chi connectivity index (χ2n) is 5.35. The lowest BCUT2D eigenvalue weighted by atomic mass is 10.0. The lowest BCUT2D eigenvalue weighted by Gasteiger charge is -2.31. The summed E-state index contributed by atoms with van der Waals surface area (Å²) in [6.45, 7) is 1.72. The number of hydrogen-bond donors (Lipinski definition) is 2. The summed E-state index contributed by atoms with van der Waals surface area (Å²) in [5.41, 5.74) is 5.56. The van der Waals surface area contributed by atoms with Crippen LogP contribution in [-0.4, -0.2) is 42.4 Å². The maximum atomic E-state index is 13.5. The third-order valence-electron chi connectivity index (χ3n) is 3.64. The van der Waals surface area contributed by atoms with Gasteiger partial charge in [0, 0.05) is 19.1 Å². The first kappa shape index (κ1) is 15.4. The Hall–Kier alpha value is -1.95. The Labute approximate surface area is 123 Å². The molecule has 0 radical (unpaired) electrons. The molecule has 0 atom stereocenters. The summed E-state index contributed by atoms with van der Waals surface area (Å²) in [7, 11) is 0. The highest BCUT2D eigenvalue weighted by atomic mass is 19.1. The molecule has 1 aromatic carbocycles. The van der Waals surface area contributed by atoms with Crippen molar-refractivity contribution in [2.45, 2.75) is 25.3 Å². The quantitative estimate of drug-likeness (QED) is 0.827. The molecule has 0 spiro atoms. The average Bonchev–Trinajstić information content (AvgIpc) is 2.43. The first-order valence-corrected chi connectivity index (χ1v) is 7.08. The number of primary amides is 1. The van der Waals surface area contributed by atoms with E-state index in [0.717, 1.165) is 25.9 Å². The maximum absolute atomic E-state index is 13.5. The number of benzene rings is 1. The fourth-order valence-electron chi connectivity index (χ4n) is 2.55. The molecule has 1 aliphatic heterocycles. The van der Waals surface area contributed by atoms with Gasteiger partial charge in [-0.2, -0.15) is 0 Å². The maximum Gasteiger partial charge on any atom is 0.231 e. The van der Waals surface area contributed by atoms with Crippen molar-refractivity contribution in [3.05, 3.63) is 35.6 Å². The lowest BCUT2D eigenvalue weighted by Crippen LogP contribution is -2.47. The van der Waals surface area contributed by atoms with Gasteiger partial charge >= 0.3 is 0 Å². The molecule has 5 nitrogen and oxygen atoms in total. The highest BCUT2D eigenvalue weighted by Gasteiger charge is 2.21. The van der Waals surface area contributed by atoms with Crippen LogP contribution in [0.3, 0.4) is 0 Å². The van der Waals surface area contributed by atoms with Crippen LogP contribution in [-0.2, 0) is 16.0 Å². The Bertz CT molecular complexity index is 513. The molecule has 6 heteroatoms. The minimum Gasteiger partial charge on any atom is -0.369 e. The van der Waals surface area contributed by atoms with Crippen LogP contribution in [0.4, 0.5) is 4.39 Å². The number of carbonyl (C=O) groups excluding carboxylic acids is 2. The monoisotopic (exact) mass is 293 g/mol. The molecular weight excluding hydrogens is 273 g/mol.